The lowest BCUT2D eigenvalue weighted by Crippen LogP contribution is -2.18. The van der Waals surface area contributed by atoms with Crippen molar-refractivity contribution >= 4 is 39.6 Å². The van der Waals surface area contributed by atoms with E-state index in [0.29, 0.717) is 16.1 Å². The summed E-state index contributed by atoms with van der Waals surface area (Å²) in [5.41, 5.74) is 2.15. The number of ether oxygens (including phenoxy) is 1. The minimum absolute atomic E-state index is 0.0273. The molecule has 2 aromatic carbocycles. The Morgan fingerprint density at radius 1 is 1.04 bits per heavy atom. The summed E-state index contributed by atoms with van der Waals surface area (Å²) in [6.45, 7) is 0.115. The number of nitrogens with one attached hydrogen (secondary N) is 1. The van der Waals surface area contributed by atoms with Crippen molar-refractivity contribution < 1.29 is 14.3 Å². The third kappa shape index (κ3) is 3.54. The van der Waals surface area contributed by atoms with Gasteiger partial charge in [0.15, 0.2) is 0 Å². The second-order valence-electron chi connectivity index (χ2n) is 6.27. The molecule has 0 aliphatic carbocycles. The van der Waals surface area contributed by atoms with Crippen LogP contribution in [0.5, 0.6) is 5.75 Å². The van der Waals surface area contributed by atoms with Gasteiger partial charge < -0.3 is 14.6 Å². The summed E-state index contributed by atoms with van der Waals surface area (Å²) in [7, 11) is 1.60. The number of hydrogen-bond acceptors (Lipinski definition) is 4. The van der Waals surface area contributed by atoms with Gasteiger partial charge in [-0.1, -0.05) is 24.3 Å². The predicted octanol–water partition coefficient (Wildman–Crippen LogP) is 4.58. The predicted molar refractivity (Wildman–Crippen MR) is 111 cm³/mol. The van der Waals surface area contributed by atoms with Crippen LogP contribution in [0.15, 0.2) is 72.2 Å². The first-order chi connectivity index (χ1) is 13.7. The quantitative estimate of drug-likeness (QED) is 0.490. The zero-order chi connectivity index (χ0) is 19.5. The number of anilines is 1. The molecule has 6 heteroatoms. The summed E-state index contributed by atoms with van der Waals surface area (Å²) >= 11 is 1.41. The highest BCUT2D eigenvalue weighted by Gasteiger charge is 2.18. The van der Waals surface area contributed by atoms with Crippen molar-refractivity contribution in [1.82, 2.24) is 4.57 Å². The second-order valence-corrected chi connectivity index (χ2v) is 7.22. The van der Waals surface area contributed by atoms with Gasteiger partial charge in [-0.15, -0.1) is 11.3 Å². The highest BCUT2D eigenvalue weighted by molar-refractivity contribution is 7.12. The maximum Gasteiger partial charge on any atom is 0.244 e. The smallest absolute Gasteiger partial charge is 0.244 e. The van der Waals surface area contributed by atoms with E-state index in [1.54, 1.807) is 37.6 Å². The molecule has 4 rings (SSSR count). The van der Waals surface area contributed by atoms with Gasteiger partial charge in [-0.3, -0.25) is 9.59 Å². The second kappa shape index (κ2) is 7.70. The van der Waals surface area contributed by atoms with Crippen LogP contribution < -0.4 is 10.1 Å². The number of aromatic nitrogens is 1. The van der Waals surface area contributed by atoms with Crippen molar-refractivity contribution in [3.63, 3.8) is 0 Å². The maximum absolute atomic E-state index is 12.9. The molecule has 2 aromatic heterocycles. The van der Waals surface area contributed by atoms with Crippen LogP contribution in [-0.2, 0) is 11.3 Å². The summed E-state index contributed by atoms with van der Waals surface area (Å²) in [6, 6.07) is 18.5. The first-order valence-electron chi connectivity index (χ1n) is 8.75. The van der Waals surface area contributed by atoms with E-state index < -0.39 is 0 Å². The lowest BCUT2D eigenvalue weighted by Gasteiger charge is -2.08. The molecule has 140 valence electrons. The maximum atomic E-state index is 12.9. The van der Waals surface area contributed by atoms with Crippen LogP contribution in [0.4, 0.5) is 5.69 Å². The fourth-order valence-electron chi connectivity index (χ4n) is 3.13. The third-order valence-electron chi connectivity index (χ3n) is 4.47. The van der Waals surface area contributed by atoms with E-state index in [2.05, 4.69) is 5.32 Å². The van der Waals surface area contributed by atoms with Crippen molar-refractivity contribution in [2.75, 3.05) is 12.4 Å². The molecule has 1 amide bonds. The average Bonchev–Trinajstić information content (AvgIpc) is 3.37. The number of methoxy groups -OCH3 is 1. The normalized spacial score (nSPS) is 10.8. The molecule has 28 heavy (non-hydrogen) atoms. The van der Waals surface area contributed by atoms with E-state index in [9.17, 15) is 9.59 Å². The zero-order valence-corrected chi connectivity index (χ0v) is 16.0. The molecule has 1 N–H and O–H groups in total. The minimum Gasteiger partial charge on any atom is -0.497 e. The Labute approximate surface area is 166 Å². The fourth-order valence-corrected chi connectivity index (χ4v) is 3.81. The van der Waals surface area contributed by atoms with Crippen LogP contribution in [0.1, 0.15) is 15.2 Å². The van der Waals surface area contributed by atoms with Gasteiger partial charge in [-0.2, -0.15) is 0 Å². The van der Waals surface area contributed by atoms with Gasteiger partial charge in [-0.25, -0.2) is 0 Å². The molecule has 0 spiro atoms. The van der Waals surface area contributed by atoms with E-state index in [1.165, 1.54) is 11.3 Å². The number of carbonyl (C=O) groups excluding carboxylic acids is 2. The van der Waals surface area contributed by atoms with Crippen molar-refractivity contribution in [1.29, 1.82) is 0 Å². The van der Waals surface area contributed by atoms with E-state index in [0.717, 1.165) is 16.7 Å². The third-order valence-corrected chi connectivity index (χ3v) is 5.33. The monoisotopic (exact) mass is 390 g/mol. The minimum atomic E-state index is -0.166. The highest BCUT2D eigenvalue weighted by atomic mass is 32.1. The molecular weight excluding hydrogens is 372 g/mol. The van der Waals surface area contributed by atoms with Crippen LogP contribution in [0, 0.1) is 0 Å². The number of ketones is 1. The number of hydrogen-bond donors (Lipinski definition) is 1. The largest absolute Gasteiger partial charge is 0.497 e. The molecule has 0 saturated heterocycles. The summed E-state index contributed by atoms with van der Waals surface area (Å²) in [5.74, 6) is 0.535. The molecular formula is C22H18N2O3S. The van der Waals surface area contributed by atoms with Crippen molar-refractivity contribution in [3.05, 3.63) is 82.7 Å². The number of amides is 1. The molecule has 4 aromatic rings. The molecule has 2 heterocycles. The Kier molecular flexibility index (Phi) is 4.95. The molecule has 0 aliphatic rings. The Hall–Kier alpha value is -3.38. The zero-order valence-electron chi connectivity index (χ0n) is 15.2. The van der Waals surface area contributed by atoms with Gasteiger partial charge in [0, 0.05) is 28.4 Å². The Balaban J connectivity index is 1.60. The first kappa shape index (κ1) is 18.0. The SMILES string of the molecule is COc1ccc(NC(=O)Cn2cc(C(=O)c3cccs3)c3ccccc32)cc1. The van der Waals surface area contributed by atoms with Crippen LogP contribution in [0.3, 0.4) is 0 Å². The topological polar surface area (TPSA) is 60.3 Å². The summed E-state index contributed by atoms with van der Waals surface area (Å²) in [6.07, 6.45) is 1.76. The molecule has 0 aliphatic heterocycles. The molecule has 5 nitrogen and oxygen atoms in total. The van der Waals surface area contributed by atoms with Crippen LogP contribution in [0.2, 0.25) is 0 Å². The van der Waals surface area contributed by atoms with Crippen molar-refractivity contribution in [3.8, 4) is 5.75 Å². The molecule has 0 bridgehead atoms. The van der Waals surface area contributed by atoms with Gasteiger partial charge in [0.2, 0.25) is 11.7 Å². The number of para-hydroxylation sites is 1. The van der Waals surface area contributed by atoms with Crippen molar-refractivity contribution in [2.45, 2.75) is 6.54 Å². The number of carbonyl (C=O) groups is 2. The number of thiophene rings is 1. The van der Waals surface area contributed by atoms with Gasteiger partial charge in [-0.05, 0) is 41.8 Å². The number of fused-ring (bicyclic) bond motifs is 1. The molecule has 0 atom stereocenters. The number of rotatable bonds is 6. The van der Waals surface area contributed by atoms with E-state index in [-0.39, 0.29) is 18.2 Å². The first-order valence-corrected chi connectivity index (χ1v) is 9.63. The average molecular weight is 390 g/mol. The van der Waals surface area contributed by atoms with Crippen molar-refractivity contribution in [2.24, 2.45) is 0 Å². The molecule has 0 radical (unpaired) electrons. The van der Waals surface area contributed by atoms with Gasteiger partial charge in [0.25, 0.3) is 0 Å². The highest BCUT2D eigenvalue weighted by Crippen LogP contribution is 2.25. The summed E-state index contributed by atoms with van der Waals surface area (Å²) < 4.78 is 6.94. The van der Waals surface area contributed by atoms with Gasteiger partial charge in [0.05, 0.1) is 12.0 Å². The fraction of sp³-hybridized carbons (Fsp3) is 0.0909. The molecule has 0 saturated carbocycles. The van der Waals surface area contributed by atoms with Gasteiger partial charge >= 0.3 is 0 Å². The van der Waals surface area contributed by atoms with E-state index in [1.807, 2.05) is 46.3 Å². The van der Waals surface area contributed by atoms with E-state index in [4.69, 9.17) is 4.74 Å². The Morgan fingerprint density at radius 3 is 2.54 bits per heavy atom. The van der Waals surface area contributed by atoms with Gasteiger partial charge in [0.1, 0.15) is 12.3 Å². The Morgan fingerprint density at radius 2 is 1.82 bits per heavy atom. The lowest BCUT2D eigenvalue weighted by molar-refractivity contribution is -0.116. The number of nitrogens with zero attached hydrogens (tertiary/aromatic N) is 1. The Bertz CT molecular complexity index is 1130. The lowest BCUT2D eigenvalue weighted by atomic mass is 10.1. The summed E-state index contributed by atoms with van der Waals surface area (Å²) in [4.78, 5) is 26.1. The standard InChI is InChI=1S/C22H18N2O3S/c1-27-16-10-8-15(9-11-16)23-21(25)14-24-13-18(17-5-2-3-6-19(17)24)22(26)20-7-4-12-28-20/h2-13H,14H2,1H3,(H,23,25). The molecule has 0 unspecified atom stereocenters. The van der Waals surface area contributed by atoms with Crippen LogP contribution >= 0.6 is 11.3 Å². The summed E-state index contributed by atoms with van der Waals surface area (Å²) in [5, 5.41) is 5.60. The van der Waals surface area contributed by atoms with Crippen LogP contribution in [0.25, 0.3) is 10.9 Å². The molecule has 0 fully saturated rings. The van der Waals surface area contributed by atoms with Crippen LogP contribution in [-0.4, -0.2) is 23.4 Å². The number of benzene rings is 2. The van der Waals surface area contributed by atoms with E-state index >= 15 is 0 Å².